The van der Waals surface area contributed by atoms with E-state index in [1.165, 1.54) is 0 Å². The highest BCUT2D eigenvalue weighted by atomic mass is 16.5. The second-order valence-electron chi connectivity index (χ2n) is 5.25. The molecule has 0 aliphatic carbocycles. The lowest BCUT2D eigenvalue weighted by Crippen LogP contribution is -2.29. The topological polar surface area (TPSA) is 71.0 Å². The molecule has 0 aliphatic heterocycles. The van der Waals surface area contributed by atoms with Gasteiger partial charge in [-0.2, -0.15) is 0 Å². The van der Waals surface area contributed by atoms with E-state index in [1.807, 2.05) is 30.3 Å². The van der Waals surface area contributed by atoms with Crippen molar-refractivity contribution in [3.63, 3.8) is 0 Å². The molecule has 0 saturated heterocycles. The Morgan fingerprint density at radius 1 is 1.04 bits per heavy atom. The van der Waals surface area contributed by atoms with E-state index in [-0.39, 0.29) is 0 Å². The van der Waals surface area contributed by atoms with E-state index in [2.05, 4.69) is 5.32 Å². The maximum absolute atomic E-state index is 10.2. The minimum Gasteiger partial charge on any atom is -0.493 e. The molecule has 2 aromatic rings. The molecule has 0 fully saturated rings. The van der Waals surface area contributed by atoms with Crippen molar-refractivity contribution >= 4 is 0 Å². The van der Waals surface area contributed by atoms with Crippen molar-refractivity contribution in [3.05, 3.63) is 59.7 Å². The zero-order valence-electron chi connectivity index (χ0n) is 13.4. The molecule has 124 valence electrons. The number of ether oxygens (including phenoxy) is 2. The van der Waals surface area contributed by atoms with Gasteiger partial charge < -0.3 is 25.0 Å². The van der Waals surface area contributed by atoms with E-state index in [0.717, 1.165) is 5.56 Å². The molecule has 0 bridgehead atoms. The number of likely N-dealkylation sites (N-methyl/N-ethyl adjacent to an activating group) is 1. The van der Waals surface area contributed by atoms with Crippen LogP contribution in [-0.4, -0.2) is 37.0 Å². The lowest BCUT2D eigenvalue weighted by Gasteiger charge is -2.19. The number of hydrogen-bond donors (Lipinski definition) is 3. The third-order valence-electron chi connectivity index (χ3n) is 3.54. The number of hydrogen-bond acceptors (Lipinski definition) is 5. The van der Waals surface area contributed by atoms with Crippen LogP contribution in [0.15, 0.2) is 48.5 Å². The van der Waals surface area contributed by atoms with E-state index < -0.39 is 12.2 Å². The van der Waals surface area contributed by atoms with Gasteiger partial charge in [0.15, 0.2) is 11.5 Å². The Kier molecular flexibility index (Phi) is 6.40. The highest BCUT2D eigenvalue weighted by Crippen LogP contribution is 2.31. The Bertz CT molecular complexity index is 603. The van der Waals surface area contributed by atoms with Gasteiger partial charge in [0.05, 0.1) is 13.2 Å². The van der Waals surface area contributed by atoms with E-state index in [1.54, 1.807) is 32.4 Å². The van der Waals surface area contributed by atoms with Crippen LogP contribution in [-0.2, 0) is 6.61 Å². The molecule has 5 heteroatoms. The molecular formula is C18H23NO4. The van der Waals surface area contributed by atoms with Gasteiger partial charge in [0.1, 0.15) is 12.7 Å². The summed E-state index contributed by atoms with van der Waals surface area (Å²) < 4.78 is 11.1. The zero-order valence-corrected chi connectivity index (χ0v) is 13.4. The molecule has 2 aromatic carbocycles. The van der Waals surface area contributed by atoms with Gasteiger partial charge in [0, 0.05) is 6.54 Å². The van der Waals surface area contributed by atoms with Gasteiger partial charge in [0.25, 0.3) is 0 Å². The van der Waals surface area contributed by atoms with Crippen molar-refractivity contribution < 1.29 is 19.7 Å². The van der Waals surface area contributed by atoms with Gasteiger partial charge in [-0.3, -0.25) is 0 Å². The molecule has 0 saturated carbocycles. The standard InChI is InChI=1S/C18H23NO4/c1-19-11-15(20)18(21)14-8-9-16(22-2)17(10-14)23-12-13-6-4-3-5-7-13/h3-10,15,18-21H,11-12H2,1-2H3. The molecule has 23 heavy (non-hydrogen) atoms. The quantitative estimate of drug-likeness (QED) is 0.693. The molecule has 0 spiro atoms. The third-order valence-corrected chi connectivity index (χ3v) is 3.54. The maximum Gasteiger partial charge on any atom is 0.162 e. The highest BCUT2D eigenvalue weighted by molar-refractivity contribution is 5.44. The molecule has 2 unspecified atom stereocenters. The molecule has 0 amide bonds. The monoisotopic (exact) mass is 317 g/mol. The fourth-order valence-electron chi connectivity index (χ4n) is 2.27. The minimum absolute atomic E-state index is 0.299. The van der Waals surface area contributed by atoms with Crippen molar-refractivity contribution in [2.45, 2.75) is 18.8 Å². The average Bonchev–Trinajstić information content (AvgIpc) is 2.60. The molecular weight excluding hydrogens is 294 g/mol. The van der Waals surface area contributed by atoms with Crippen LogP contribution in [0, 0.1) is 0 Å². The average molecular weight is 317 g/mol. The van der Waals surface area contributed by atoms with Gasteiger partial charge in [-0.1, -0.05) is 36.4 Å². The number of methoxy groups -OCH3 is 1. The Morgan fingerprint density at radius 3 is 2.43 bits per heavy atom. The SMILES string of the molecule is CNCC(O)C(O)c1ccc(OC)c(OCc2ccccc2)c1. The van der Waals surface area contributed by atoms with Crippen LogP contribution in [0.5, 0.6) is 11.5 Å². The van der Waals surface area contributed by atoms with Gasteiger partial charge in [0.2, 0.25) is 0 Å². The van der Waals surface area contributed by atoms with Crippen LogP contribution >= 0.6 is 0 Å². The van der Waals surface area contributed by atoms with E-state index in [4.69, 9.17) is 9.47 Å². The second kappa shape index (κ2) is 8.53. The fourth-order valence-corrected chi connectivity index (χ4v) is 2.27. The van der Waals surface area contributed by atoms with Crippen LogP contribution in [0.4, 0.5) is 0 Å². The first kappa shape index (κ1) is 17.3. The Balaban J connectivity index is 2.15. The molecule has 0 aliphatic rings. The molecule has 2 atom stereocenters. The molecule has 2 rings (SSSR count). The fraction of sp³-hybridized carbons (Fsp3) is 0.333. The van der Waals surface area contributed by atoms with Crippen LogP contribution in [0.3, 0.4) is 0 Å². The third kappa shape index (κ3) is 4.69. The van der Waals surface area contributed by atoms with Crippen molar-refractivity contribution in [3.8, 4) is 11.5 Å². The van der Waals surface area contributed by atoms with E-state index in [9.17, 15) is 10.2 Å². The molecule has 0 aromatic heterocycles. The molecule has 0 radical (unpaired) electrons. The highest BCUT2D eigenvalue weighted by Gasteiger charge is 2.19. The number of rotatable bonds is 8. The van der Waals surface area contributed by atoms with E-state index >= 15 is 0 Å². The predicted octanol–water partition coefficient (Wildman–Crippen LogP) is 1.89. The second-order valence-corrected chi connectivity index (χ2v) is 5.25. The Labute approximate surface area is 136 Å². The summed E-state index contributed by atoms with van der Waals surface area (Å²) >= 11 is 0. The van der Waals surface area contributed by atoms with Crippen molar-refractivity contribution in [2.24, 2.45) is 0 Å². The summed E-state index contributed by atoms with van der Waals surface area (Å²) in [6, 6.07) is 14.9. The normalized spacial score (nSPS) is 13.4. The summed E-state index contributed by atoms with van der Waals surface area (Å²) in [6.07, 6.45) is -1.89. The number of aliphatic hydroxyl groups is 2. The molecule has 0 heterocycles. The summed E-state index contributed by atoms with van der Waals surface area (Å²) in [5.74, 6) is 1.12. The largest absolute Gasteiger partial charge is 0.493 e. The van der Waals surface area contributed by atoms with Crippen molar-refractivity contribution in [1.82, 2.24) is 5.32 Å². The first-order valence-corrected chi connectivity index (χ1v) is 7.51. The van der Waals surface area contributed by atoms with Gasteiger partial charge in [-0.15, -0.1) is 0 Å². The summed E-state index contributed by atoms with van der Waals surface area (Å²) in [6.45, 7) is 0.698. The number of aliphatic hydroxyl groups excluding tert-OH is 2. The molecule has 5 nitrogen and oxygen atoms in total. The number of benzene rings is 2. The summed E-state index contributed by atoms with van der Waals surface area (Å²) in [4.78, 5) is 0. The first-order chi connectivity index (χ1) is 11.2. The van der Waals surface area contributed by atoms with Crippen LogP contribution in [0.25, 0.3) is 0 Å². The smallest absolute Gasteiger partial charge is 0.162 e. The Hall–Kier alpha value is -2.08. The first-order valence-electron chi connectivity index (χ1n) is 7.51. The van der Waals surface area contributed by atoms with Crippen LogP contribution in [0.1, 0.15) is 17.2 Å². The summed E-state index contributed by atoms with van der Waals surface area (Å²) in [5, 5.41) is 23.0. The number of nitrogens with one attached hydrogen (secondary N) is 1. The van der Waals surface area contributed by atoms with E-state index in [0.29, 0.717) is 30.2 Å². The van der Waals surface area contributed by atoms with Crippen molar-refractivity contribution in [1.29, 1.82) is 0 Å². The predicted molar refractivity (Wildman–Crippen MR) is 88.7 cm³/mol. The maximum atomic E-state index is 10.2. The van der Waals surface area contributed by atoms with Crippen LogP contribution in [0.2, 0.25) is 0 Å². The van der Waals surface area contributed by atoms with Gasteiger partial charge in [-0.25, -0.2) is 0 Å². The van der Waals surface area contributed by atoms with Gasteiger partial charge >= 0.3 is 0 Å². The Morgan fingerprint density at radius 2 is 1.78 bits per heavy atom. The van der Waals surface area contributed by atoms with Crippen molar-refractivity contribution in [2.75, 3.05) is 20.7 Å². The minimum atomic E-state index is -0.993. The molecule has 3 N–H and O–H groups in total. The van der Waals surface area contributed by atoms with Gasteiger partial charge in [-0.05, 0) is 30.3 Å². The lowest BCUT2D eigenvalue weighted by atomic mass is 10.0. The zero-order chi connectivity index (χ0) is 16.7. The van der Waals surface area contributed by atoms with Crippen LogP contribution < -0.4 is 14.8 Å². The summed E-state index contributed by atoms with van der Waals surface area (Å²) in [5.41, 5.74) is 1.62. The summed E-state index contributed by atoms with van der Waals surface area (Å²) in [7, 11) is 3.29. The lowest BCUT2D eigenvalue weighted by molar-refractivity contribution is 0.0200.